The third-order valence-electron chi connectivity index (χ3n) is 17.1. The number of aryl methyl sites for hydroxylation is 5. The summed E-state index contributed by atoms with van der Waals surface area (Å²) < 4.78 is 10.9. The number of benzene rings is 5. The molecule has 5 aliphatic carbocycles. The Bertz CT molecular complexity index is 3160. The number of nitrogens with one attached hydrogen (secondary N) is 1. The summed E-state index contributed by atoms with van der Waals surface area (Å²) in [6.07, 6.45) is 24.8. The number of aliphatic imine (C=N–C) groups is 5. The second-order valence-electron chi connectivity index (χ2n) is 24.1. The zero-order valence-corrected chi connectivity index (χ0v) is 78.3. The van der Waals surface area contributed by atoms with E-state index in [1.807, 2.05) is 146 Å². The second kappa shape index (κ2) is 60.8. The molecule has 0 aromatic heterocycles. The Labute approximate surface area is 692 Å². The molecule has 0 amide bonds. The van der Waals surface area contributed by atoms with Gasteiger partial charge in [0.25, 0.3) is 0 Å². The normalized spacial score (nSPS) is 21.5. The molecule has 0 saturated heterocycles. The molecule has 31 heteroatoms. The van der Waals surface area contributed by atoms with Gasteiger partial charge in [-0.15, -0.1) is 0 Å². The van der Waals surface area contributed by atoms with Gasteiger partial charge >= 0.3 is 189 Å². The maximum atomic E-state index is 10.6. The molecular formula is C70H95Cl10N7O9Zr5. The number of aromatic hydroxyl groups is 5. The number of phenols is 5. The van der Waals surface area contributed by atoms with Crippen LogP contribution >= 0.6 is 85.1 Å². The molecule has 0 heterocycles. The van der Waals surface area contributed by atoms with Gasteiger partial charge in [-0.3, -0.25) is 35.1 Å². The number of methoxy groups -OCH3 is 1. The van der Waals surface area contributed by atoms with Crippen LogP contribution in [0.1, 0.15) is 166 Å². The number of nitro groups is 1. The summed E-state index contributed by atoms with van der Waals surface area (Å²) in [6, 6.07) is 30.1. The number of ether oxygens (including phenoxy) is 2. The Morgan fingerprint density at radius 1 is 0.446 bits per heavy atom. The number of hydrogen-bond donors (Lipinski definition) is 6. The van der Waals surface area contributed by atoms with E-state index in [1.165, 1.54) is 25.7 Å². The molecule has 6 N–H and O–H groups in total. The van der Waals surface area contributed by atoms with E-state index in [-0.39, 0.29) is 16.7 Å². The van der Waals surface area contributed by atoms with Crippen LogP contribution in [0.15, 0.2) is 116 Å². The van der Waals surface area contributed by atoms with E-state index < -0.39 is 110 Å². The van der Waals surface area contributed by atoms with Crippen molar-refractivity contribution in [1.29, 1.82) is 0 Å². The monoisotopic (exact) mass is 1980 g/mol. The van der Waals surface area contributed by atoms with Crippen molar-refractivity contribution < 1.29 is 144 Å². The average Bonchev–Trinajstić information content (AvgIpc) is 1.85. The first-order chi connectivity index (χ1) is 48.4. The zero-order chi connectivity index (χ0) is 75.7. The van der Waals surface area contributed by atoms with Crippen molar-refractivity contribution in [2.75, 3.05) is 20.8 Å². The Morgan fingerprint density at radius 3 is 0.990 bits per heavy atom. The summed E-state index contributed by atoms with van der Waals surface area (Å²) in [5, 5.41) is 63.2. The predicted molar refractivity (Wildman–Crippen MR) is 408 cm³/mol. The van der Waals surface area contributed by atoms with Gasteiger partial charge in [0.1, 0.15) is 28.7 Å². The SMILES string of the molecule is CCOC1CCC(N=Cc2cccc(C)c2O)C1.CNC1CCC(N=Cc2cccc(C)c2O)C1.COC1CCC(N=Cc2cccc(C)c2O)C1.Cc1cccc(C=NC2CCC(C)C2)c1O.Cc1cccc(C=NC2CCC([N+](=O)[O-])C2)c1O.[Cl][Zr][Cl].[Cl][Zr][Cl].[Cl][Zr][Cl].[Cl][Zr][Cl].[Cl][Zr][Cl]. The zero-order valence-electron chi connectivity index (χ0n) is 58.5. The van der Waals surface area contributed by atoms with Crippen LogP contribution in [0.2, 0.25) is 0 Å². The summed E-state index contributed by atoms with van der Waals surface area (Å²) in [5.74, 6) is 2.40. The van der Waals surface area contributed by atoms with Crippen LogP contribution in [0.4, 0.5) is 0 Å². The van der Waals surface area contributed by atoms with Gasteiger partial charge < -0.3 is 40.3 Å². The second-order valence-corrected chi connectivity index (χ2v) is 42.8. The predicted octanol–water partition coefficient (Wildman–Crippen LogP) is 20.5. The molecular weight excluding hydrogens is 1890 g/mol. The van der Waals surface area contributed by atoms with E-state index in [9.17, 15) is 35.6 Å². The van der Waals surface area contributed by atoms with E-state index >= 15 is 0 Å². The molecule has 5 aromatic rings. The molecule has 10 atom stereocenters. The first-order valence-electron chi connectivity index (χ1n) is 32.8. The third-order valence-corrected chi connectivity index (χ3v) is 17.1. The van der Waals surface area contributed by atoms with E-state index in [4.69, 9.17) is 94.6 Å². The Balaban J connectivity index is 0.000000600. The molecule has 101 heavy (non-hydrogen) atoms. The van der Waals surface area contributed by atoms with Crippen molar-refractivity contribution in [3.63, 3.8) is 0 Å². The summed E-state index contributed by atoms with van der Waals surface area (Å²) >= 11 is -4.13. The molecule has 5 aliphatic rings. The number of para-hydroxylation sites is 5. The van der Waals surface area contributed by atoms with E-state index in [2.05, 4.69) is 37.2 Å². The molecule has 0 bridgehead atoms. The average molecular weight is 1990 g/mol. The van der Waals surface area contributed by atoms with Crippen LogP contribution in [-0.2, 0) is 114 Å². The summed E-state index contributed by atoms with van der Waals surface area (Å²) in [4.78, 5) is 33.0. The van der Waals surface area contributed by atoms with Crippen LogP contribution in [0, 0.1) is 50.7 Å². The molecule has 10 rings (SSSR count). The van der Waals surface area contributed by atoms with Gasteiger partial charge in [-0.1, -0.05) is 67.6 Å². The molecule has 5 aromatic carbocycles. The third kappa shape index (κ3) is 42.2. The Kier molecular flexibility index (Phi) is 59.6. The van der Waals surface area contributed by atoms with E-state index in [1.54, 1.807) is 31.8 Å². The van der Waals surface area contributed by atoms with Crippen molar-refractivity contribution in [2.45, 2.75) is 199 Å². The van der Waals surface area contributed by atoms with Gasteiger partial charge in [0.15, 0.2) is 0 Å². The van der Waals surface area contributed by atoms with Crippen molar-refractivity contribution >= 4 is 116 Å². The van der Waals surface area contributed by atoms with Gasteiger partial charge in [-0.2, -0.15) is 0 Å². The van der Waals surface area contributed by atoms with E-state index in [0.29, 0.717) is 83.8 Å². The van der Waals surface area contributed by atoms with Crippen molar-refractivity contribution in [2.24, 2.45) is 30.9 Å². The first kappa shape index (κ1) is 99.1. The standard InChI is InChI=1S/C15H21NO2.C14H20N2O.C14H19NO2.C14H19NO.C13H16N2O3.10ClH.5Zr/c1-3-18-14-8-7-13(9-14)16-10-12-6-4-5-11(2)15(12)17;1-10-4-3-5-11(14(10)17)9-16-13-7-6-12(8-13)15-2;1-10-4-3-5-11(14(10)16)9-15-12-6-7-13(8-12)17-2;1-10-6-7-13(8-10)15-9-12-5-3-4-11(2)14(12)16;1-9-3-2-4-10(13(9)16)8-14-11-5-6-12(7-11)15(17)18;;;;;;;;;;;;;;;/h4-6,10,13-14,17H,3,7-9H2,1-2H3;3-5,9,12-13,15,17H,6-8H2,1-2H3;3-5,9,12-13,16H,6-8H2,1-2H3;3-5,9-10,13,16H,6-8H2,1-2H3;2-4,8,11-12,16H,5-7H2,1H3;10*1H;;;;;/q;;;;;;;;;;;;;;;5*+2/p-10. The topological polar surface area (TPSA) is 237 Å². The maximum absolute atomic E-state index is 10.6. The Hall–Kier alpha value is 0.0456. The molecule has 5 fully saturated rings. The molecule has 10 unspecified atom stereocenters. The van der Waals surface area contributed by atoms with Crippen molar-refractivity contribution in [1.82, 2.24) is 5.32 Å². The molecule has 5 saturated carbocycles. The number of hydrogen-bond acceptors (Lipinski definition) is 15. The van der Waals surface area contributed by atoms with Crippen molar-refractivity contribution in [3.05, 3.63) is 157 Å². The first-order valence-corrected chi connectivity index (χ1v) is 64.4. The molecule has 0 aliphatic heterocycles. The van der Waals surface area contributed by atoms with Crippen LogP contribution in [0.25, 0.3) is 0 Å². The number of halogens is 10. The fourth-order valence-electron chi connectivity index (χ4n) is 11.5. The Morgan fingerprint density at radius 2 is 0.723 bits per heavy atom. The van der Waals surface area contributed by atoms with Gasteiger partial charge in [-0.25, -0.2) is 0 Å². The molecule has 554 valence electrons. The minimum absolute atomic E-state index is 0.000289. The van der Waals surface area contributed by atoms with Crippen LogP contribution in [-0.4, -0.2) is 137 Å². The summed E-state index contributed by atoms with van der Waals surface area (Å²) in [6.45, 7) is 14.5. The molecule has 16 nitrogen and oxygen atoms in total. The summed E-state index contributed by atoms with van der Waals surface area (Å²) in [7, 11) is 53.1. The summed E-state index contributed by atoms with van der Waals surface area (Å²) in [5.41, 5.74) is 8.29. The molecule has 0 radical (unpaired) electrons. The van der Waals surface area contributed by atoms with Gasteiger partial charge in [0.05, 0.1) is 42.4 Å². The van der Waals surface area contributed by atoms with E-state index in [0.717, 1.165) is 120 Å². The van der Waals surface area contributed by atoms with Crippen LogP contribution in [0.3, 0.4) is 0 Å². The van der Waals surface area contributed by atoms with Gasteiger partial charge in [0.2, 0.25) is 6.04 Å². The minimum atomic E-state index is -0.826. The molecule has 0 spiro atoms. The quantitative estimate of drug-likeness (QED) is 0.0329. The van der Waals surface area contributed by atoms with Gasteiger partial charge in [0, 0.05) is 96.4 Å². The van der Waals surface area contributed by atoms with Crippen molar-refractivity contribution in [3.8, 4) is 28.7 Å². The van der Waals surface area contributed by atoms with Gasteiger partial charge in [-0.05, 0) is 196 Å². The fraction of sp³-hybridized carbons (Fsp3) is 0.500. The van der Waals surface area contributed by atoms with Crippen LogP contribution in [0.5, 0.6) is 28.7 Å². The number of rotatable bonds is 15. The van der Waals surface area contributed by atoms with Crippen LogP contribution < -0.4 is 5.32 Å². The number of phenolic OH excluding ortho intramolecular Hbond substituents is 5. The number of nitrogens with zero attached hydrogens (tertiary/aromatic N) is 6. The fourth-order valence-corrected chi connectivity index (χ4v) is 11.5.